The van der Waals surface area contributed by atoms with Crippen molar-refractivity contribution in [1.29, 1.82) is 0 Å². The zero-order valence-corrected chi connectivity index (χ0v) is 10.4. The van der Waals surface area contributed by atoms with Gasteiger partial charge >= 0.3 is 5.97 Å². The fourth-order valence-electron chi connectivity index (χ4n) is 1.65. The third-order valence-electron chi connectivity index (χ3n) is 2.60. The highest BCUT2D eigenvalue weighted by Gasteiger charge is 2.04. The van der Waals surface area contributed by atoms with E-state index in [1.54, 1.807) is 6.08 Å². The predicted molar refractivity (Wildman–Crippen MR) is 71.3 cm³/mol. The molecule has 17 heavy (non-hydrogen) atoms. The summed E-state index contributed by atoms with van der Waals surface area (Å²) in [5, 5.41) is 8.65. The van der Waals surface area contributed by atoms with Crippen molar-refractivity contribution in [2.45, 2.75) is 19.8 Å². The van der Waals surface area contributed by atoms with E-state index in [-0.39, 0.29) is 0 Å². The minimum absolute atomic E-state index is 0.920. The normalized spacial score (nSPS) is 10.7. The van der Waals surface area contributed by atoms with Gasteiger partial charge in [0, 0.05) is 25.4 Å². The Kier molecular flexibility index (Phi) is 5.27. The lowest BCUT2D eigenvalue weighted by atomic mass is 10.1. The van der Waals surface area contributed by atoms with Crippen molar-refractivity contribution in [1.82, 2.24) is 0 Å². The average molecular weight is 233 g/mol. The van der Waals surface area contributed by atoms with Crippen LogP contribution < -0.4 is 4.90 Å². The van der Waals surface area contributed by atoms with Gasteiger partial charge in [0.05, 0.1) is 0 Å². The van der Waals surface area contributed by atoms with Gasteiger partial charge in [-0.2, -0.15) is 0 Å². The van der Waals surface area contributed by atoms with E-state index in [0.29, 0.717) is 0 Å². The molecule has 0 aliphatic rings. The van der Waals surface area contributed by atoms with Gasteiger partial charge in [-0.3, -0.25) is 0 Å². The molecule has 0 radical (unpaired) electrons. The maximum Gasteiger partial charge on any atom is 0.328 e. The quantitative estimate of drug-likeness (QED) is 0.768. The van der Waals surface area contributed by atoms with Gasteiger partial charge in [0.2, 0.25) is 0 Å². The van der Waals surface area contributed by atoms with Gasteiger partial charge in [0.15, 0.2) is 0 Å². The summed E-state index contributed by atoms with van der Waals surface area (Å²) < 4.78 is 0. The van der Waals surface area contributed by atoms with Crippen LogP contribution in [0.3, 0.4) is 0 Å². The van der Waals surface area contributed by atoms with Gasteiger partial charge in [-0.25, -0.2) is 4.79 Å². The van der Waals surface area contributed by atoms with Crippen LogP contribution in [0.15, 0.2) is 30.3 Å². The monoisotopic (exact) mass is 233 g/mol. The second-order valence-corrected chi connectivity index (χ2v) is 4.01. The Bertz CT molecular complexity index is 399. The molecule has 3 nitrogen and oxygen atoms in total. The first-order valence-electron chi connectivity index (χ1n) is 5.86. The SMILES string of the molecule is CCCCN(C)c1ccccc1/C=C/C(=O)O. The molecule has 1 aromatic rings. The van der Waals surface area contributed by atoms with Crippen molar-refractivity contribution < 1.29 is 9.90 Å². The molecule has 0 saturated carbocycles. The van der Waals surface area contributed by atoms with Crippen molar-refractivity contribution in [2.75, 3.05) is 18.5 Å². The third-order valence-corrected chi connectivity index (χ3v) is 2.60. The molecule has 0 aliphatic heterocycles. The fraction of sp³-hybridized carbons (Fsp3) is 0.357. The number of nitrogens with zero attached hydrogens (tertiary/aromatic N) is 1. The lowest BCUT2D eigenvalue weighted by Crippen LogP contribution is -2.19. The number of benzene rings is 1. The Morgan fingerprint density at radius 2 is 2.12 bits per heavy atom. The minimum atomic E-state index is -0.920. The third kappa shape index (κ3) is 4.31. The molecule has 0 aromatic heterocycles. The molecular formula is C14H19NO2. The molecule has 0 atom stereocenters. The zero-order chi connectivity index (χ0) is 12.7. The first kappa shape index (κ1) is 13.3. The highest BCUT2D eigenvalue weighted by atomic mass is 16.4. The van der Waals surface area contributed by atoms with Crippen molar-refractivity contribution >= 4 is 17.7 Å². The number of carbonyl (C=O) groups is 1. The summed E-state index contributed by atoms with van der Waals surface area (Å²) >= 11 is 0. The molecule has 0 heterocycles. The van der Waals surface area contributed by atoms with E-state index in [1.807, 2.05) is 31.3 Å². The molecule has 0 saturated heterocycles. The highest BCUT2D eigenvalue weighted by molar-refractivity contribution is 5.86. The summed E-state index contributed by atoms with van der Waals surface area (Å²) in [6, 6.07) is 7.82. The lowest BCUT2D eigenvalue weighted by molar-refractivity contribution is -0.131. The van der Waals surface area contributed by atoms with Gasteiger partial charge in [0.25, 0.3) is 0 Å². The first-order valence-corrected chi connectivity index (χ1v) is 5.86. The molecule has 0 fully saturated rings. The molecule has 92 valence electrons. The van der Waals surface area contributed by atoms with Crippen molar-refractivity contribution in [3.8, 4) is 0 Å². The van der Waals surface area contributed by atoms with Gasteiger partial charge in [0.1, 0.15) is 0 Å². The molecule has 0 amide bonds. The molecule has 3 heteroatoms. The summed E-state index contributed by atoms with van der Waals surface area (Å²) in [7, 11) is 2.03. The topological polar surface area (TPSA) is 40.5 Å². The number of carboxylic acid groups (broad SMARTS) is 1. The van der Waals surface area contributed by atoms with Gasteiger partial charge in [-0.1, -0.05) is 31.5 Å². The van der Waals surface area contributed by atoms with E-state index in [1.165, 1.54) is 6.08 Å². The summed E-state index contributed by atoms with van der Waals surface area (Å²) in [4.78, 5) is 12.7. The van der Waals surface area contributed by atoms with E-state index in [9.17, 15) is 4.79 Å². The van der Waals surface area contributed by atoms with Gasteiger partial charge in [-0.05, 0) is 24.1 Å². The number of aliphatic carboxylic acids is 1. The fourth-order valence-corrected chi connectivity index (χ4v) is 1.65. The zero-order valence-electron chi connectivity index (χ0n) is 10.4. The van der Waals surface area contributed by atoms with E-state index < -0.39 is 5.97 Å². The largest absolute Gasteiger partial charge is 0.478 e. The smallest absolute Gasteiger partial charge is 0.328 e. The van der Waals surface area contributed by atoms with Crippen molar-refractivity contribution in [2.24, 2.45) is 0 Å². The second-order valence-electron chi connectivity index (χ2n) is 4.01. The Morgan fingerprint density at radius 1 is 1.41 bits per heavy atom. The van der Waals surface area contributed by atoms with Crippen LogP contribution in [0, 0.1) is 0 Å². The van der Waals surface area contributed by atoms with E-state index >= 15 is 0 Å². The van der Waals surface area contributed by atoms with Crippen LogP contribution in [0.25, 0.3) is 6.08 Å². The summed E-state index contributed by atoms with van der Waals surface area (Å²) in [6.45, 7) is 3.14. The Labute approximate surface area is 102 Å². The maximum absolute atomic E-state index is 10.5. The maximum atomic E-state index is 10.5. The molecule has 1 aromatic carbocycles. The van der Waals surface area contributed by atoms with Crippen LogP contribution in [-0.4, -0.2) is 24.7 Å². The van der Waals surface area contributed by atoms with Crippen LogP contribution in [0.1, 0.15) is 25.3 Å². The Hall–Kier alpha value is -1.77. The molecule has 1 N–H and O–H groups in total. The Morgan fingerprint density at radius 3 is 2.76 bits per heavy atom. The van der Waals surface area contributed by atoms with Crippen LogP contribution in [0.2, 0.25) is 0 Å². The molecular weight excluding hydrogens is 214 g/mol. The standard InChI is InChI=1S/C14H19NO2/c1-3-4-11-15(2)13-8-6-5-7-12(13)9-10-14(16)17/h5-10H,3-4,11H2,1-2H3,(H,16,17)/b10-9+. The average Bonchev–Trinajstić information content (AvgIpc) is 2.33. The Balaban J connectivity index is 2.87. The lowest BCUT2D eigenvalue weighted by Gasteiger charge is -2.21. The number of hydrogen-bond donors (Lipinski definition) is 1. The molecule has 1 rings (SSSR count). The molecule has 0 unspecified atom stereocenters. The van der Waals surface area contributed by atoms with E-state index in [2.05, 4.69) is 11.8 Å². The number of para-hydroxylation sites is 1. The van der Waals surface area contributed by atoms with Crippen LogP contribution in [-0.2, 0) is 4.79 Å². The first-order chi connectivity index (χ1) is 8.15. The summed E-state index contributed by atoms with van der Waals surface area (Å²) in [6.07, 6.45) is 5.09. The molecule has 0 bridgehead atoms. The van der Waals surface area contributed by atoms with Gasteiger partial charge in [-0.15, -0.1) is 0 Å². The van der Waals surface area contributed by atoms with E-state index in [4.69, 9.17) is 5.11 Å². The van der Waals surface area contributed by atoms with Crippen LogP contribution >= 0.6 is 0 Å². The highest BCUT2D eigenvalue weighted by Crippen LogP contribution is 2.20. The van der Waals surface area contributed by atoms with Crippen molar-refractivity contribution in [3.05, 3.63) is 35.9 Å². The number of rotatable bonds is 6. The minimum Gasteiger partial charge on any atom is -0.478 e. The molecule has 0 aliphatic carbocycles. The number of hydrogen-bond acceptors (Lipinski definition) is 2. The summed E-state index contributed by atoms with van der Waals surface area (Å²) in [5.41, 5.74) is 2.01. The number of unbranched alkanes of at least 4 members (excludes halogenated alkanes) is 1. The molecule has 0 spiro atoms. The summed E-state index contributed by atoms with van der Waals surface area (Å²) in [5.74, 6) is -0.920. The number of anilines is 1. The second kappa shape index (κ2) is 6.74. The van der Waals surface area contributed by atoms with Crippen LogP contribution in [0.5, 0.6) is 0 Å². The van der Waals surface area contributed by atoms with Crippen LogP contribution in [0.4, 0.5) is 5.69 Å². The van der Waals surface area contributed by atoms with E-state index in [0.717, 1.165) is 30.6 Å². The number of carboxylic acids is 1. The van der Waals surface area contributed by atoms with Crippen molar-refractivity contribution in [3.63, 3.8) is 0 Å². The predicted octanol–water partition coefficient (Wildman–Crippen LogP) is 3.02. The van der Waals surface area contributed by atoms with Gasteiger partial charge < -0.3 is 10.0 Å².